The van der Waals surface area contributed by atoms with E-state index >= 15 is 0 Å². The van der Waals surface area contributed by atoms with Crippen LogP contribution in [0.1, 0.15) is 15.9 Å². The Morgan fingerprint density at radius 1 is 1.19 bits per heavy atom. The third kappa shape index (κ3) is 4.45. The van der Waals surface area contributed by atoms with Crippen LogP contribution in [0.25, 0.3) is 0 Å². The molecule has 2 aromatic rings. The molecule has 0 bridgehead atoms. The summed E-state index contributed by atoms with van der Waals surface area (Å²) in [7, 11) is -3.42. The van der Waals surface area contributed by atoms with E-state index in [1.807, 2.05) is 24.3 Å². The van der Waals surface area contributed by atoms with Gasteiger partial charge in [0.05, 0.1) is 18.5 Å². The molecule has 0 fully saturated rings. The van der Waals surface area contributed by atoms with E-state index in [0.29, 0.717) is 29.4 Å². The Bertz CT molecular complexity index is 927. The molecular weight excluding hydrogens is 356 g/mol. The first kappa shape index (κ1) is 18.1. The average molecular weight is 376 g/mol. The molecular formula is C18H20N2O5S. The molecule has 0 aliphatic carbocycles. The minimum absolute atomic E-state index is 0.274. The topological polar surface area (TPSA) is 93.7 Å². The molecule has 0 saturated carbocycles. The van der Waals surface area contributed by atoms with Crippen molar-refractivity contribution in [2.24, 2.45) is 0 Å². The summed E-state index contributed by atoms with van der Waals surface area (Å²) in [6.45, 7) is 2.38. The molecule has 138 valence electrons. The van der Waals surface area contributed by atoms with E-state index in [4.69, 9.17) is 9.47 Å². The molecule has 2 N–H and O–H groups in total. The molecule has 0 unspecified atom stereocenters. The van der Waals surface area contributed by atoms with E-state index in [1.54, 1.807) is 19.1 Å². The highest BCUT2D eigenvalue weighted by Crippen LogP contribution is 2.30. The lowest BCUT2D eigenvalue weighted by atomic mass is 10.1. The molecule has 1 atom stereocenters. The summed E-state index contributed by atoms with van der Waals surface area (Å²) in [5.74, 6) is 1.02. The number of amides is 1. The quantitative estimate of drug-likeness (QED) is 0.832. The number of anilines is 1. The van der Waals surface area contributed by atoms with Gasteiger partial charge < -0.3 is 14.8 Å². The van der Waals surface area contributed by atoms with Gasteiger partial charge in [0.25, 0.3) is 5.91 Å². The van der Waals surface area contributed by atoms with E-state index < -0.39 is 10.0 Å². The van der Waals surface area contributed by atoms with Crippen molar-refractivity contribution in [2.45, 2.75) is 13.0 Å². The van der Waals surface area contributed by atoms with Crippen molar-refractivity contribution in [1.29, 1.82) is 0 Å². The van der Waals surface area contributed by atoms with Crippen molar-refractivity contribution in [3.8, 4) is 11.5 Å². The maximum absolute atomic E-state index is 12.4. The van der Waals surface area contributed by atoms with E-state index in [1.165, 1.54) is 6.07 Å². The number of ether oxygens (including phenoxy) is 2. The average Bonchev–Trinajstić information content (AvgIpc) is 2.60. The van der Waals surface area contributed by atoms with Gasteiger partial charge in [-0.1, -0.05) is 18.2 Å². The SMILES string of the molecule is Cc1ccc(C(=O)NC[C@@H]2COc3ccccc3O2)cc1NS(C)(=O)=O. The molecule has 1 aliphatic heterocycles. The van der Waals surface area contributed by atoms with Gasteiger partial charge in [-0.25, -0.2) is 8.42 Å². The minimum atomic E-state index is -3.42. The van der Waals surface area contributed by atoms with Gasteiger partial charge in [-0.15, -0.1) is 0 Å². The van der Waals surface area contributed by atoms with Crippen molar-refractivity contribution >= 4 is 21.6 Å². The van der Waals surface area contributed by atoms with Crippen LogP contribution < -0.4 is 19.5 Å². The fraction of sp³-hybridized carbons (Fsp3) is 0.278. The van der Waals surface area contributed by atoms with E-state index in [2.05, 4.69) is 10.0 Å². The van der Waals surface area contributed by atoms with Gasteiger partial charge in [0.1, 0.15) is 12.7 Å². The molecule has 26 heavy (non-hydrogen) atoms. The van der Waals surface area contributed by atoms with E-state index in [-0.39, 0.29) is 18.6 Å². The first-order valence-corrected chi connectivity index (χ1v) is 9.96. The zero-order valence-electron chi connectivity index (χ0n) is 14.5. The van der Waals surface area contributed by atoms with Crippen molar-refractivity contribution in [3.05, 3.63) is 53.6 Å². The van der Waals surface area contributed by atoms with Crippen LogP contribution in [0, 0.1) is 6.92 Å². The van der Waals surface area contributed by atoms with Gasteiger partial charge in [-0.05, 0) is 36.8 Å². The minimum Gasteiger partial charge on any atom is -0.486 e. The summed E-state index contributed by atoms with van der Waals surface area (Å²) < 4.78 is 36.7. The lowest BCUT2D eigenvalue weighted by molar-refractivity contribution is 0.0789. The van der Waals surface area contributed by atoms with Gasteiger partial charge >= 0.3 is 0 Å². The Hall–Kier alpha value is -2.74. The number of sulfonamides is 1. The van der Waals surface area contributed by atoms with E-state index in [9.17, 15) is 13.2 Å². The molecule has 0 radical (unpaired) electrons. The zero-order chi connectivity index (χ0) is 18.7. The van der Waals surface area contributed by atoms with Gasteiger partial charge in [0.2, 0.25) is 10.0 Å². The summed E-state index contributed by atoms with van der Waals surface area (Å²) in [4.78, 5) is 12.4. The number of para-hydroxylation sites is 2. The highest BCUT2D eigenvalue weighted by Gasteiger charge is 2.21. The molecule has 7 nitrogen and oxygen atoms in total. The lowest BCUT2D eigenvalue weighted by Crippen LogP contribution is -2.40. The number of aryl methyl sites for hydroxylation is 1. The Morgan fingerprint density at radius 3 is 2.65 bits per heavy atom. The first-order valence-electron chi connectivity index (χ1n) is 8.07. The highest BCUT2D eigenvalue weighted by atomic mass is 32.2. The van der Waals surface area contributed by atoms with Crippen LogP contribution in [0.5, 0.6) is 11.5 Å². The molecule has 2 aromatic carbocycles. The van der Waals surface area contributed by atoms with Gasteiger partial charge in [-0.3, -0.25) is 9.52 Å². The van der Waals surface area contributed by atoms with Crippen LogP contribution in [0.15, 0.2) is 42.5 Å². The Morgan fingerprint density at radius 2 is 1.92 bits per heavy atom. The van der Waals surface area contributed by atoms with Crippen LogP contribution in [-0.4, -0.2) is 39.8 Å². The fourth-order valence-electron chi connectivity index (χ4n) is 2.55. The van der Waals surface area contributed by atoms with E-state index in [0.717, 1.165) is 11.8 Å². The van der Waals surface area contributed by atoms with Crippen LogP contribution in [-0.2, 0) is 10.0 Å². The normalized spacial score (nSPS) is 16.0. The number of hydrogen-bond acceptors (Lipinski definition) is 5. The Balaban J connectivity index is 1.63. The third-order valence-corrected chi connectivity index (χ3v) is 4.44. The predicted molar refractivity (Wildman–Crippen MR) is 98.3 cm³/mol. The molecule has 0 aromatic heterocycles. The molecule has 1 heterocycles. The van der Waals surface area contributed by atoms with Gasteiger partial charge in [-0.2, -0.15) is 0 Å². The summed E-state index contributed by atoms with van der Waals surface area (Å²) in [5.41, 5.74) is 1.47. The molecule has 1 aliphatic rings. The second-order valence-corrected chi connectivity index (χ2v) is 7.86. The maximum Gasteiger partial charge on any atom is 0.251 e. The van der Waals surface area contributed by atoms with Crippen LogP contribution in [0.2, 0.25) is 0 Å². The highest BCUT2D eigenvalue weighted by molar-refractivity contribution is 7.92. The molecule has 0 spiro atoms. The summed E-state index contributed by atoms with van der Waals surface area (Å²) in [5, 5.41) is 2.79. The monoisotopic (exact) mass is 376 g/mol. The van der Waals surface area contributed by atoms with Crippen molar-refractivity contribution in [2.75, 3.05) is 24.1 Å². The largest absolute Gasteiger partial charge is 0.486 e. The number of rotatable bonds is 5. The Kier molecular flexibility index (Phi) is 5.03. The number of fused-ring (bicyclic) bond motifs is 1. The zero-order valence-corrected chi connectivity index (χ0v) is 15.3. The number of carbonyl (C=O) groups is 1. The van der Waals surface area contributed by atoms with Crippen LogP contribution >= 0.6 is 0 Å². The molecule has 0 saturated heterocycles. The summed E-state index contributed by atoms with van der Waals surface area (Å²) in [6.07, 6.45) is 0.769. The maximum atomic E-state index is 12.4. The van der Waals surface area contributed by atoms with Gasteiger partial charge in [0.15, 0.2) is 11.5 Å². The molecule has 3 rings (SSSR count). The third-order valence-electron chi connectivity index (χ3n) is 3.85. The summed E-state index contributed by atoms with van der Waals surface area (Å²) >= 11 is 0. The predicted octanol–water partition coefficient (Wildman–Crippen LogP) is 1.94. The second kappa shape index (κ2) is 7.25. The fourth-order valence-corrected chi connectivity index (χ4v) is 3.16. The Labute approximate surface area is 152 Å². The van der Waals surface area contributed by atoms with Gasteiger partial charge in [0, 0.05) is 5.56 Å². The number of hydrogen-bond donors (Lipinski definition) is 2. The van der Waals surface area contributed by atoms with Crippen molar-refractivity contribution in [3.63, 3.8) is 0 Å². The van der Waals surface area contributed by atoms with Crippen molar-refractivity contribution in [1.82, 2.24) is 5.32 Å². The van der Waals surface area contributed by atoms with Crippen molar-refractivity contribution < 1.29 is 22.7 Å². The standard InChI is InChI=1S/C18H20N2O5S/c1-12-7-8-13(9-15(12)20-26(2,22)23)18(21)19-10-14-11-24-16-5-3-4-6-17(16)25-14/h3-9,14,20H,10-11H2,1-2H3,(H,19,21)/t14-/m1/s1. The van der Waals surface area contributed by atoms with Crippen LogP contribution in [0.4, 0.5) is 5.69 Å². The molecule has 1 amide bonds. The second-order valence-electron chi connectivity index (χ2n) is 6.11. The molecule has 8 heteroatoms. The summed E-state index contributed by atoms with van der Waals surface area (Å²) in [6, 6.07) is 12.2. The smallest absolute Gasteiger partial charge is 0.251 e. The number of benzene rings is 2. The number of nitrogens with one attached hydrogen (secondary N) is 2. The lowest BCUT2D eigenvalue weighted by Gasteiger charge is -2.26. The first-order chi connectivity index (χ1) is 12.3. The number of carbonyl (C=O) groups excluding carboxylic acids is 1. The van der Waals surface area contributed by atoms with Crippen LogP contribution in [0.3, 0.4) is 0 Å².